The van der Waals surface area contributed by atoms with Gasteiger partial charge in [-0.3, -0.25) is 0 Å². The van der Waals surface area contributed by atoms with Gasteiger partial charge in [0.2, 0.25) is 0 Å². The van der Waals surface area contributed by atoms with E-state index >= 15 is 0 Å². The van der Waals surface area contributed by atoms with Crippen LogP contribution >= 0.6 is 22.9 Å². The molecular formula is C28H25ClOS. The van der Waals surface area contributed by atoms with Crippen LogP contribution in [0.5, 0.6) is 0 Å². The van der Waals surface area contributed by atoms with Gasteiger partial charge >= 0.3 is 0 Å². The minimum atomic E-state index is -0.747. The number of benzene rings is 3. The lowest BCUT2D eigenvalue weighted by Crippen LogP contribution is -2.55. The largest absolute Gasteiger partial charge is 0.385 e. The number of halogens is 1. The van der Waals surface area contributed by atoms with Crippen LogP contribution in [0, 0.1) is 23.7 Å². The molecule has 3 aromatic carbocycles. The Balaban J connectivity index is 1.42. The second-order valence-corrected chi connectivity index (χ2v) is 11.6. The molecule has 4 aliphatic carbocycles. The Morgan fingerprint density at radius 2 is 1.48 bits per heavy atom. The first-order chi connectivity index (χ1) is 15.1. The van der Waals surface area contributed by atoms with Crippen LogP contribution in [0.3, 0.4) is 0 Å². The lowest BCUT2D eigenvalue weighted by Gasteiger charge is -2.59. The van der Waals surface area contributed by atoms with Crippen LogP contribution in [0.4, 0.5) is 0 Å². The minimum absolute atomic E-state index is 0.369. The van der Waals surface area contributed by atoms with Gasteiger partial charge in [0, 0.05) is 30.8 Å². The standard InChI is InChI=1S/C28H25ClOS/c29-24-6-3-5-23(28(30)19-11-16-10-17(13-19)14-20(28)12-16)27(24)18-8-9-22-21-4-1-2-7-25(21)31-26(22)15-18/h1-9,15-17,19-20,30H,10-14H2. The highest BCUT2D eigenvalue weighted by molar-refractivity contribution is 7.25. The van der Waals surface area contributed by atoms with Gasteiger partial charge in [-0.2, -0.15) is 0 Å². The Labute approximate surface area is 191 Å². The van der Waals surface area contributed by atoms with E-state index in [0.717, 1.165) is 33.5 Å². The highest BCUT2D eigenvalue weighted by Gasteiger charge is 2.57. The maximum Gasteiger partial charge on any atom is 0.0959 e. The van der Waals surface area contributed by atoms with Gasteiger partial charge in [-0.05, 0) is 85.1 Å². The number of fused-ring (bicyclic) bond motifs is 3. The number of hydrogen-bond acceptors (Lipinski definition) is 2. The molecule has 0 spiro atoms. The van der Waals surface area contributed by atoms with Gasteiger partial charge in [-0.1, -0.05) is 54.1 Å². The molecule has 3 heteroatoms. The van der Waals surface area contributed by atoms with Gasteiger partial charge in [-0.15, -0.1) is 11.3 Å². The monoisotopic (exact) mass is 444 g/mol. The summed E-state index contributed by atoms with van der Waals surface area (Å²) in [4.78, 5) is 0. The molecule has 4 aromatic rings. The van der Waals surface area contributed by atoms with E-state index in [1.807, 2.05) is 23.5 Å². The van der Waals surface area contributed by atoms with Crippen LogP contribution in [-0.2, 0) is 5.60 Å². The normalized spacial score (nSPS) is 31.7. The van der Waals surface area contributed by atoms with E-state index in [2.05, 4.69) is 48.5 Å². The van der Waals surface area contributed by atoms with Crippen molar-refractivity contribution in [3.05, 3.63) is 71.2 Å². The van der Waals surface area contributed by atoms with Crippen LogP contribution < -0.4 is 0 Å². The fourth-order valence-electron chi connectivity index (χ4n) is 7.38. The Hall–Kier alpha value is -1.87. The first-order valence-electron chi connectivity index (χ1n) is 11.5. The molecular weight excluding hydrogens is 420 g/mol. The van der Waals surface area contributed by atoms with Crippen molar-refractivity contribution in [3.8, 4) is 11.1 Å². The first-order valence-corrected chi connectivity index (χ1v) is 12.7. The van der Waals surface area contributed by atoms with Crippen LogP contribution in [0.1, 0.15) is 37.7 Å². The van der Waals surface area contributed by atoms with Crippen molar-refractivity contribution in [3.63, 3.8) is 0 Å². The molecule has 1 N–H and O–H groups in total. The zero-order valence-corrected chi connectivity index (χ0v) is 18.9. The summed E-state index contributed by atoms with van der Waals surface area (Å²) in [6.45, 7) is 0. The molecule has 0 aliphatic heterocycles. The molecule has 4 saturated carbocycles. The predicted octanol–water partition coefficient (Wildman–Crippen LogP) is 8.02. The minimum Gasteiger partial charge on any atom is -0.385 e. The van der Waals surface area contributed by atoms with Gasteiger partial charge in [0.15, 0.2) is 0 Å². The Morgan fingerprint density at radius 3 is 2.26 bits per heavy atom. The fraction of sp³-hybridized carbons (Fsp3) is 0.357. The quantitative estimate of drug-likeness (QED) is 0.332. The summed E-state index contributed by atoms with van der Waals surface area (Å²) in [6, 6.07) is 21.5. The lowest BCUT2D eigenvalue weighted by atomic mass is 9.48. The smallest absolute Gasteiger partial charge is 0.0959 e. The van der Waals surface area contributed by atoms with Crippen LogP contribution in [0.25, 0.3) is 31.3 Å². The molecule has 1 nitrogen and oxygen atoms in total. The van der Waals surface area contributed by atoms with Crippen molar-refractivity contribution in [1.29, 1.82) is 0 Å². The van der Waals surface area contributed by atoms with Crippen molar-refractivity contribution >= 4 is 43.1 Å². The van der Waals surface area contributed by atoms with Crippen LogP contribution in [-0.4, -0.2) is 5.11 Å². The molecule has 4 fully saturated rings. The summed E-state index contributed by atoms with van der Waals surface area (Å²) in [7, 11) is 0. The second-order valence-electron chi connectivity index (χ2n) is 10.1. The number of hydrogen-bond donors (Lipinski definition) is 1. The van der Waals surface area contributed by atoms with Crippen molar-refractivity contribution in [2.24, 2.45) is 23.7 Å². The lowest BCUT2D eigenvalue weighted by molar-refractivity contribution is -0.179. The third-order valence-corrected chi connectivity index (χ3v) is 9.94. The molecule has 1 aromatic heterocycles. The molecule has 0 saturated heterocycles. The molecule has 0 radical (unpaired) electrons. The van der Waals surface area contributed by atoms with Gasteiger partial charge in [0.25, 0.3) is 0 Å². The van der Waals surface area contributed by atoms with Crippen molar-refractivity contribution in [2.75, 3.05) is 0 Å². The van der Waals surface area contributed by atoms with E-state index in [4.69, 9.17) is 11.6 Å². The number of aliphatic hydroxyl groups is 1. The SMILES string of the molecule is OC1(c2cccc(Cl)c2-c2ccc3c(c2)sc2ccccc23)C2CC3CC(C2)CC1C3. The molecule has 0 unspecified atom stereocenters. The zero-order valence-electron chi connectivity index (χ0n) is 17.4. The Kier molecular flexibility index (Phi) is 3.96. The van der Waals surface area contributed by atoms with E-state index in [1.165, 1.54) is 52.3 Å². The van der Waals surface area contributed by atoms with Gasteiger partial charge in [0.05, 0.1) is 5.60 Å². The van der Waals surface area contributed by atoms with E-state index in [1.54, 1.807) is 0 Å². The van der Waals surface area contributed by atoms with Crippen molar-refractivity contribution < 1.29 is 5.11 Å². The van der Waals surface area contributed by atoms with E-state index in [9.17, 15) is 5.11 Å². The van der Waals surface area contributed by atoms with Crippen molar-refractivity contribution in [1.82, 2.24) is 0 Å². The van der Waals surface area contributed by atoms with E-state index < -0.39 is 5.60 Å². The van der Waals surface area contributed by atoms with Gasteiger partial charge in [0.1, 0.15) is 0 Å². The van der Waals surface area contributed by atoms with Gasteiger partial charge < -0.3 is 5.11 Å². The third kappa shape index (κ3) is 2.59. The third-order valence-electron chi connectivity index (χ3n) is 8.50. The van der Waals surface area contributed by atoms with Crippen molar-refractivity contribution in [2.45, 2.75) is 37.7 Å². The average Bonchev–Trinajstić information content (AvgIpc) is 3.14. The summed E-state index contributed by atoms with van der Waals surface area (Å²) >= 11 is 8.70. The van der Waals surface area contributed by atoms with E-state index in [0.29, 0.717) is 11.8 Å². The number of thiophene rings is 1. The van der Waals surface area contributed by atoms with Crippen LogP contribution in [0.2, 0.25) is 5.02 Å². The molecule has 0 amide bonds. The topological polar surface area (TPSA) is 20.2 Å². The average molecular weight is 445 g/mol. The summed E-state index contributed by atoms with van der Waals surface area (Å²) in [6.07, 6.45) is 6.07. The fourth-order valence-corrected chi connectivity index (χ4v) is 8.80. The predicted molar refractivity (Wildman–Crippen MR) is 131 cm³/mol. The summed E-state index contributed by atoms with van der Waals surface area (Å²) in [5.41, 5.74) is 2.48. The molecule has 156 valence electrons. The summed E-state index contributed by atoms with van der Waals surface area (Å²) in [5.74, 6) is 2.38. The molecule has 0 atom stereocenters. The molecule has 1 heterocycles. The van der Waals surface area contributed by atoms with Gasteiger partial charge in [-0.25, -0.2) is 0 Å². The Morgan fingerprint density at radius 1 is 0.774 bits per heavy atom. The summed E-state index contributed by atoms with van der Waals surface area (Å²) < 4.78 is 2.59. The molecule has 31 heavy (non-hydrogen) atoms. The molecule has 8 rings (SSSR count). The number of rotatable bonds is 2. The highest BCUT2D eigenvalue weighted by atomic mass is 35.5. The second kappa shape index (κ2) is 6.57. The Bertz CT molecular complexity index is 1310. The molecule has 4 aliphatic rings. The first kappa shape index (κ1) is 18.7. The molecule has 4 bridgehead atoms. The maximum absolute atomic E-state index is 12.3. The van der Waals surface area contributed by atoms with E-state index in [-0.39, 0.29) is 0 Å². The summed E-state index contributed by atoms with van der Waals surface area (Å²) in [5, 5.41) is 15.7. The maximum atomic E-state index is 12.3. The zero-order chi connectivity index (χ0) is 20.7. The van der Waals surface area contributed by atoms with Crippen LogP contribution in [0.15, 0.2) is 60.7 Å². The highest BCUT2D eigenvalue weighted by Crippen LogP contribution is 2.63.